The lowest BCUT2D eigenvalue weighted by atomic mass is 9.87. The van der Waals surface area contributed by atoms with Gasteiger partial charge in [-0.25, -0.2) is 0 Å². The van der Waals surface area contributed by atoms with Gasteiger partial charge >= 0.3 is 0 Å². The molecule has 6 aliphatic rings. The number of pyridine rings is 6. The molecule has 0 N–H and O–H groups in total. The fraction of sp³-hybridized carbons (Fsp3) is 0.211. The highest BCUT2D eigenvalue weighted by Crippen LogP contribution is 2.46. The van der Waals surface area contributed by atoms with Crippen LogP contribution in [0.3, 0.4) is 0 Å². The third kappa shape index (κ3) is 7.95. The Balaban J connectivity index is 0.848. The summed E-state index contributed by atoms with van der Waals surface area (Å²) in [6, 6.07) is 23.5. The van der Waals surface area contributed by atoms with Gasteiger partial charge in [0.15, 0.2) is 0 Å². The summed E-state index contributed by atoms with van der Waals surface area (Å²) in [6.45, 7) is 3.10. The van der Waals surface area contributed by atoms with Gasteiger partial charge in [-0.15, -0.1) is 0 Å². The van der Waals surface area contributed by atoms with Gasteiger partial charge in [-0.2, -0.15) is 0 Å². The number of hydrogen-bond acceptors (Lipinski definition) is 12. The van der Waals surface area contributed by atoms with Crippen LogP contribution >= 0.6 is 0 Å². The van der Waals surface area contributed by atoms with Crippen LogP contribution in [0.4, 0.5) is 0 Å². The summed E-state index contributed by atoms with van der Waals surface area (Å²) in [4.78, 5) is 44.3. The van der Waals surface area contributed by atoms with Crippen molar-refractivity contribution >= 4 is 17.1 Å². The van der Waals surface area contributed by atoms with Gasteiger partial charge in [-0.1, -0.05) is 79.8 Å². The van der Waals surface area contributed by atoms with Gasteiger partial charge in [-0.05, 0) is 79.3 Å². The van der Waals surface area contributed by atoms with Crippen LogP contribution < -0.4 is 0 Å². The minimum absolute atomic E-state index is 0.263. The highest BCUT2D eigenvalue weighted by Gasteiger charge is 2.38. The van der Waals surface area contributed by atoms with Crippen molar-refractivity contribution in [3.8, 4) is 34.2 Å². The van der Waals surface area contributed by atoms with Crippen LogP contribution in [0.2, 0.25) is 0 Å². The third-order valence-corrected chi connectivity index (χ3v) is 13.6. The first kappa shape index (κ1) is 42.6. The minimum atomic E-state index is -0.623. The maximum atomic E-state index is 7.03. The Hall–Kier alpha value is -7.77. The van der Waals surface area contributed by atoms with Gasteiger partial charge in [0.05, 0.1) is 71.1 Å². The first-order valence-corrected chi connectivity index (χ1v) is 23.5. The summed E-state index contributed by atoms with van der Waals surface area (Å²) in [7, 11) is 0. The Morgan fingerprint density at radius 1 is 0.391 bits per heavy atom. The van der Waals surface area contributed by atoms with E-state index in [2.05, 4.69) is 61.5 Å². The Morgan fingerprint density at radius 3 is 0.899 bits per heavy atom. The number of nitrogens with zero attached hydrogens (tertiary/aromatic N) is 9. The van der Waals surface area contributed by atoms with Gasteiger partial charge in [0.2, 0.25) is 0 Å². The highest BCUT2D eigenvalue weighted by molar-refractivity contribution is 6.03. The summed E-state index contributed by atoms with van der Waals surface area (Å²) in [5.74, 6) is 0. The smallest absolute Gasteiger partial charge is 0.117 e. The molecule has 6 heterocycles. The first-order valence-electron chi connectivity index (χ1n) is 23.5. The van der Waals surface area contributed by atoms with E-state index in [1.54, 1.807) is 0 Å². The molecule has 338 valence electrons. The van der Waals surface area contributed by atoms with E-state index >= 15 is 0 Å². The number of fused-ring (bicyclic) bond motifs is 9. The Labute approximate surface area is 400 Å². The zero-order valence-corrected chi connectivity index (χ0v) is 37.9. The highest BCUT2D eigenvalue weighted by atomic mass is 16.5. The maximum Gasteiger partial charge on any atom is 0.117 e. The van der Waals surface area contributed by atoms with Crippen molar-refractivity contribution in [3.05, 3.63) is 216 Å². The SMILES string of the molecule is CCC(COC1C=CC=CC1=NC1c2cccnc2-c2ncccc21)(COC1C=CC=CC1=NC1c2cccnc2-c2ncccc21)COC1C=CC=CC1=NC1c2cccnc2-c2ncccc21. The normalized spacial score (nSPS) is 22.2. The van der Waals surface area contributed by atoms with E-state index < -0.39 is 23.7 Å². The van der Waals surface area contributed by atoms with Crippen molar-refractivity contribution in [2.24, 2.45) is 20.4 Å². The lowest BCUT2D eigenvalue weighted by molar-refractivity contribution is -0.0776. The van der Waals surface area contributed by atoms with E-state index in [1.807, 2.05) is 128 Å². The van der Waals surface area contributed by atoms with Crippen molar-refractivity contribution in [2.75, 3.05) is 19.8 Å². The van der Waals surface area contributed by atoms with Crippen LogP contribution in [0.5, 0.6) is 0 Å². The standard InChI is InChI=1S/C57H47N9O3/c1-2-57(33-67-45-24-6-3-21-42(45)64-48-36-15-9-27-58-51(36)52-37(48)16-10-28-59-52,34-68-46-25-7-4-22-43(46)65-49-38-17-11-29-60-53(38)54-39(49)18-12-30-61-54)35-69-47-26-8-5-23-44(47)66-50-40-19-13-31-62-55(40)56-41(50)20-14-32-63-56/h3-32,45-50H,2,33-35H2,1H3. The van der Waals surface area contributed by atoms with E-state index in [9.17, 15) is 0 Å². The maximum absolute atomic E-state index is 7.03. The van der Waals surface area contributed by atoms with Crippen molar-refractivity contribution in [2.45, 2.75) is 49.8 Å². The number of ether oxygens (including phenoxy) is 3. The van der Waals surface area contributed by atoms with Crippen LogP contribution in [-0.2, 0) is 14.2 Å². The summed E-state index contributed by atoms with van der Waals surface area (Å²) in [5.41, 5.74) is 13.2. The van der Waals surface area contributed by atoms with Gasteiger partial charge in [0.1, 0.15) is 36.4 Å². The van der Waals surface area contributed by atoms with Crippen molar-refractivity contribution in [1.29, 1.82) is 0 Å². The molecule has 3 atom stereocenters. The quantitative estimate of drug-likeness (QED) is 0.111. The second-order valence-corrected chi connectivity index (χ2v) is 17.8. The molecular formula is C57H47N9O3. The number of allylic oxidation sites excluding steroid dienone is 6. The van der Waals surface area contributed by atoms with E-state index in [0.29, 0.717) is 26.2 Å². The van der Waals surface area contributed by atoms with Crippen LogP contribution in [-0.4, -0.2) is 85.2 Å². The molecule has 0 saturated heterocycles. The lowest BCUT2D eigenvalue weighted by Crippen LogP contribution is -2.42. The molecule has 6 aromatic heterocycles. The van der Waals surface area contributed by atoms with Gasteiger partial charge in [0.25, 0.3) is 0 Å². The average Bonchev–Trinajstić information content (AvgIpc) is 4.02. The van der Waals surface area contributed by atoms with Crippen molar-refractivity contribution in [1.82, 2.24) is 29.9 Å². The molecule has 0 aliphatic heterocycles. The third-order valence-electron chi connectivity index (χ3n) is 13.6. The number of aliphatic imine (C=N–C) groups is 3. The van der Waals surface area contributed by atoms with Gasteiger partial charge < -0.3 is 14.2 Å². The average molecular weight is 906 g/mol. The molecule has 0 fully saturated rings. The fourth-order valence-corrected chi connectivity index (χ4v) is 9.93. The topological polar surface area (TPSA) is 142 Å². The molecule has 0 spiro atoms. The van der Waals surface area contributed by atoms with E-state index in [-0.39, 0.29) is 18.1 Å². The molecule has 0 amide bonds. The lowest BCUT2D eigenvalue weighted by Gasteiger charge is -2.36. The summed E-state index contributed by atoms with van der Waals surface area (Å²) < 4.78 is 21.1. The van der Waals surface area contributed by atoms with Crippen LogP contribution in [0.15, 0.2) is 198 Å². The zero-order chi connectivity index (χ0) is 46.2. The summed E-state index contributed by atoms with van der Waals surface area (Å²) >= 11 is 0. The molecule has 12 nitrogen and oxygen atoms in total. The molecule has 0 bridgehead atoms. The predicted octanol–water partition coefficient (Wildman–Crippen LogP) is 9.92. The monoisotopic (exact) mass is 905 g/mol. The van der Waals surface area contributed by atoms with E-state index in [0.717, 1.165) is 84.7 Å². The second kappa shape index (κ2) is 18.4. The van der Waals surface area contributed by atoms with Gasteiger partial charge in [-0.3, -0.25) is 44.9 Å². The summed E-state index contributed by atoms with van der Waals surface area (Å²) in [6.07, 6.45) is 34.6. The number of hydrogen-bond donors (Lipinski definition) is 0. The van der Waals surface area contributed by atoms with Crippen LogP contribution in [0.1, 0.15) is 64.9 Å². The number of rotatable bonds is 13. The largest absolute Gasteiger partial charge is 0.367 e. The molecule has 0 aromatic carbocycles. The molecular weight excluding hydrogens is 859 g/mol. The molecule has 3 unspecified atom stereocenters. The molecule has 6 aromatic rings. The Morgan fingerprint density at radius 2 is 0.652 bits per heavy atom. The minimum Gasteiger partial charge on any atom is -0.367 e. The van der Waals surface area contributed by atoms with Crippen molar-refractivity contribution in [3.63, 3.8) is 0 Å². The molecule has 6 aliphatic carbocycles. The van der Waals surface area contributed by atoms with E-state index in [1.165, 1.54) is 0 Å². The second-order valence-electron chi connectivity index (χ2n) is 17.8. The Bertz CT molecular complexity index is 2780. The van der Waals surface area contributed by atoms with E-state index in [4.69, 9.17) is 59.1 Å². The zero-order valence-electron chi connectivity index (χ0n) is 37.9. The van der Waals surface area contributed by atoms with Crippen LogP contribution in [0, 0.1) is 5.41 Å². The molecule has 69 heavy (non-hydrogen) atoms. The predicted molar refractivity (Wildman–Crippen MR) is 267 cm³/mol. The summed E-state index contributed by atoms with van der Waals surface area (Å²) in [5, 5.41) is 0. The Kier molecular flexibility index (Phi) is 11.3. The number of aromatic nitrogens is 6. The fourth-order valence-electron chi connectivity index (χ4n) is 9.93. The van der Waals surface area contributed by atoms with Gasteiger partial charge in [0, 0.05) is 76.0 Å². The first-order chi connectivity index (χ1) is 34.1. The molecule has 0 radical (unpaired) electrons. The molecule has 0 saturated carbocycles. The molecule has 12 heteroatoms. The van der Waals surface area contributed by atoms with Crippen molar-refractivity contribution < 1.29 is 14.2 Å². The molecule has 12 rings (SSSR count). The van der Waals surface area contributed by atoms with Crippen LogP contribution in [0.25, 0.3) is 34.2 Å².